The van der Waals surface area contributed by atoms with Crippen molar-refractivity contribution in [3.63, 3.8) is 0 Å². The highest BCUT2D eigenvalue weighted by atomic mass is 16.6. The molecule has 0 amide bonds. The van der Waals surface area contributed by atoms with Crippen LogP contribution in [-0.2, 0) is 28.6 Å². The minimum absolute atomic E-state index is 0.0863. The SMILES string of the molecule is CCCC/C=C\CCCCCCC(=O)OCC(COC(=O)CCCCCCC\C=C/C=C\C=C/C=C\CCCCC)OC(=O)CCCCCCCCCCCCCCCCCCCC. The number of rotatable bonds is 49. The smallest absolute Gasteiger partial charge is 0.306 e. The molecule has 0 heterocycles. The number of carbonyl (C=O) groups excluding carboxylic acids is 3. The van der Waals surface area contributed by atoms with Gasteiger partial charge in [-0.2, -0.15) is 0 Å². The van der Waals surface area contributed by atoms with E-state index >= 15 is 0 Å². The molecule has 6 nitrogen and oxygen atoms in total. The molecule has 0 saturated heterocycles. The maximum Gasteiger partial charge on any atom is 0.306 e. The van der Waals surface area contributed by atoms with Crippen LogP contribution in [0.5, 0.6) is 0 Å². The van der Waals surface area contributed by atoms with Gasteiger partial charge in [0, 0.05) is 19.3 Å². The number of esters is 3. The van der Waals surface area contributed by atoms with Crippen LogP contribution in [0, 0.1) is 0 Å². The normalized spacial score (nSPS) is 12.5. The van der Waals surface area contributed by atoms with Crippen LogP contribution in [-0.4, -0.2) is 37.2 Å². The summed E-state index contributed by atoms with van der Waals surface area (Å²) in [7, 11) is 0. The molecule has 0 rings (SSSR count). The van der Waals surface area contributed by atoms with Gasteiger partial charge in [0.05, 0.1) is 0 Å². The lowest BCUT2D eigenvalue weighted by molar-refractivity contribution is -0.167. The van der Waals surface area contributed by atoms with Crippen molar-refractivity contribution in [2.75, 3.05) is 13.2 Å². The van der Waals surface area contributed by atoms with Gasteiger partial charge in [-0.15, -0.1) is 0 Å². The van der Waals surface area contributed by atoms with Crippen molar-refractivity contribution in [3.05, 3.63) is 60.8 Å². The van der Waals surface area contributed by atoms with Gasteiger partial charge in [-0.3, -0.25) is 14.4 Å². The Labute approximate surface area is 396 Å². The van der Waals surface area contributed by atoms with Crippen molar-refractivity contribution in [1.29, 1.82) is 0 Å². The molecule has 0 N–H and O–H groups in total. The molecule has 0 aromatic rings. The Bertz CT molecular complexity index is 1170. The van der Waals surface area contributed by atoms with E-state index in [1.807, 2.05) is 0 Å². The number of unbranched alkanes of at least 4 members (excludes halogenated alkanes) is 31. The fraction of sp³-hybridized carbons (Fsp3) is 0.776. The highest BCUT2D eigenvalue weighted by Gasteiger charge is 2.19. The van der Waals surface area contributed by atoms with Crippen molar-refractivity contribution in [2.45, 2.75) is 277 Å². The van der Waals surface area contributed by atoms with E-state index in [1.165, 1.54) is 128 Å². The zero-order valence-corrected chi connectivity index (χ0v) is 42.3. The molecule has 64 heavy (non-hydrogen) atoms. The molecular weight excluding hydrogens is 793 g/mol. The molecule has 6 heteroatoms. The summed E-state index contributed by atoms with van der Waals surface area (Å²) in [6.45, 7) is 6.55. The van der Waals surface area contributed by atoms with Crippen LogP contribution in [0.25, 0.3) is 0 Å². The fourth-order valence-corrected chi connectivity index (χ4v) is 7.67. The molecule has 0 aliphatic heterocycles. The molecular formula is C58H102O6. The summed E-state index contributed by atoms with van der Waals surface area (Å²) in [5.74, 6) is -0.913. The van der Waals surface area contributed by atoms with Gasteiger partial charge in [-0.05, 0) is 64.2 Å². The Hall–Kier alpha value is -2.89. The second-order valence-corrected chi connectivity index (χ2v) is 18.2. The number of carbonyl (C=O) groups is 3. The third-order valence-electron chi connectivity index (χ3n) is 11.8. The highest BCUT2D eigenvalue weighted by Crippen LogP contribution is 2.16. The first-order valence-corrected chi connectivity index (χ1v) is 27.3. The predicted octanol–water partition coefficient (Wildman–Crippen LogP) is 18.0. The first-order chi connectivity index (χ1) is 31.5. The molecule has 0 saturated carbocycles. The zero-order chi connectivity index (χ0) is 46.5. The van der Waals surface area contributed by atoms with Crippen LogP contribution in [0.3, 0.4) is 0 Å². The Morgan fingerprint density at radius 2 is 0.594 bits per heavy atom. The van der Waals surface area contributed by atoms with Crippen molar-refractivity contribution in [3.8, 4) is 0 Å². The fourth-order valence-electron chi connectivity index (χ4n) is 7.67. The number of hydrogen-bond donors (Lipinski definition) is 0. The van der Waals surface area contributed by atoms with E-state index in [2.05, 4.69) is 81.5 Å². The first kappa shape index (κ1) is 61.1. The summed E-state index contributed by atoms with van der Waals surface area (Å²) in [5.41, 5.74) is 0. The van der Waals surface area contributed by atoms with Gasteiger partial charge in [-0.25, -0.2) is 0 Å². The van der Waals surface area contributed by atoms with E-state index < -0.39 is 6.10 Å². The molecule has 0 aliphatic rings. The van der Waals surface area contributed by atoms with Crippen molar-refractivity contribution in [2.24, 2.45) is 0 Å². The molecule has 0 aliphatic carbocycles. The van der Waals surface area contributed by atoms with Crippen molar-refractivity contribution >= 4 is 17.9 Å². The summed E-state index contributed by atoms with van der Waals surface area (Å²) in [4.78, 5) is 38.0. The van der Waals surface area contributed by atoms with Gasteiger partial charge in [-0.1, -0.05) is 248 Å². The maximum atomic E-state index is 12.8. The summed E-state index contributed by atoms with van der Waals surface area (Å²) in [6.07, 6.45) is 64.9. The largest absolute Gasteiger partial charge is 0.462 e. The molecule has 0 spiro atoms. The van der Waals surface area contributed by atoms with Gasteiger partial charge >= 0.3 is 17.9 Å². The van der Waals surface area contributed by atoms with Gasteiger partial charge in [0.1, 0.15) is 13.2 Å². The lowest BCUT2D eigenvalue weighted by Gasteiger charge is -2.18. The minimum Gasteiger partial charge on any atom is -0.462 e. The third-order valence-corrected chi connectivity index (χ3v) is 11.8. The Kier molecular flexibility index (Phi) is 50.4. The topological polar surface area (TPSA) is 78.9 Å². The van der Waals surface area contributed by atoms with E-state index in [0.29, 0.717) is 19.3 Å². The lowest BCUT2D eigenvalue weighted by atomic mass is 10.0. The van der Waals surface area contributed by atoms with Gasteiger partial charge < -0.3 is 14.2 Å². The van der Waals surface area contributed by atoms with Gasteiger partial charge in [0.15, 0.2) is 6.10 Å². The van der Waals surface area contributed by atoms with Crippen LogP contribution in [0.15, 0.2) is 60.8 Å². The second-order valence-electron chi connectivity index (χ2n) is 18.2. The maximum absolute atomic E-state index is 12.8. The Morgan fingerprint density at radius 3 is 1.00 bits per heavy atom. The molecule has 0 aromatic carbocycles. The Morgan fingerprint density at radius 1 is 0.312 bits per heavy atom. The monoisotopic (exact) mass is 895 g/mol. The molecule has 0 fully saturated rings. The van der Waals surface area contributed by atoms with Crippen LogP contribution < -0.4 is 0 Å². The molecule has 370 valence electrons. The number of hydrogen-bond acceptors (Lipinski definition) is 6. The third kappa shape index (κ3) is 50.1. The van der Waals surface area contributed by atoms with Crippen LogP contribution in [0.1, 0.15) is 271 Å². The van der Waals surface area contributed by atoms with Gasteiger partial charge in [0.2, 0.25) is 0 Å². The molecule has 0 aromatic heterocycles. The summed E-state index contributed by atoms with van der Waals surface area (Å²) in [5, 5.41) is 0. The zero-order valence-electron chi connectivity index (χ0n) is 42.3. The Balaban J connectivity index is 4.36. The molecule has 1 unspecified atom stereocenters. The van der Waals surface area contributed by atoms with Crippen molar-refractivity contribution in [1.82, 2.24) is 0 Å². The molecule has 0 radical (unpaired) electrons. The van der Waals surface area contributed by atoms with E-state index in [9.17, 15) is 14.4 Å². The standard InChI is InChI=1S/C58H102O6/c1-4-7-10-13-16-19-22-24-26-28-30-32-34-36-39-42-45-48-51-57(60)63-54-55(53-62-56(59)50-47-44-41-38-21-18-15-12-9-6-3)64-58(61)52-49-46-43-40-37-35-33-31-29-27-25-23-20-17-14-11-8-5-2/h15-16,18-19,22,24,26,28,30,32,55H,4-14,17,20-21,23,25,27,29,31,33-54H2,1-3H3/b18-15-,19-16-,24-22-,28-26-,32-30-. The van der Waals surface area contributed by atoms with Crippen molar-refractivity contribution < 1.29 is 28.6 Å². The van der Waals surface area contributed by atoms with E-state index in [-0.39, 0.29) is 31.1 Å². The van der Waals surface area contributed by atoms with E-state index in [4.69, 9.17) is 14.2 Å². The highest BCUT2D eigenvalue weighted by molar-refractivity contribution is 5.71. The number of ether oxygens (including phenoxy) is 3. The van der Waals surface area contributed by atoms with Gasteiger partial charge in [0.25, 0.3) is 0 Å². The quantitative estimate of drug-likeness (QED) is 0.0199. The summed E-state index contributed by atoms with van der Waals surface area (Å²) < 4.78 is 16.8. The van der Waals surface area contributed by atoms with E-state index in [1.54, 1.807) is 0 Å². The number of allylic oxidation sites excluding steroid dienone is 10. The molecule has 1 atom stereocenters. The average Bonchev–Trinajstić information content (AvgIpc) is 3.29. The van der Waals surface area contributed by atoms with Crippen LogP contribution in [0.2, 0.25) is 0 Å². The summed E-state index contributed by atoms with van der Waals surface area (Å²) in [6, 6.07) is 0. The van der Waals surface area contributed by atoms with Crippen LogP contribution >= 0.6 is 0 Å². The molecule has 0 bridgehead atoms. The van der Waals surface area contributed by atoms with Crippen LogP contribution in [0.4, 0.5) is 0 Å². The van der Waals surface area contributed by atoms with E-state index in [0.717, 1.165) is 103 Å². The predicted molar refractivity (Wildman–Crippen MR) is 275 cm³/mol. The first-order valence-electron chi connectivity index (χ1n) is 27.3. The minimum atomic E-state index is -0.786. The second kappa shape index (κ2) is 52.7. The average molecular weight is 895 g/mol. The lowest BCUT2D eigenvalue weighted by Crippen LogP contribution is -2.30. The summed E-state index contributed by atoms with van der Waals surface area (Å²) >= 11 is 0.